The van der Waals surface area contributed by atoms with Crippen molar-refractivity contribution in [1.29, 1.82) is 0 Å². The highest BCUT2D eigenvalue weighted by atomic mass is 16.5. The van der Waals surface area contributed by atoms with Crippen LogP contribution in [-0.4, -0.2) is 49.8 Å². The van der Waals surface area contributed by atoms with Crippen LogP contribution in [0.25, 0.3) is 0 Å². The van der Waals surface area contributed by atoms with Crippen LogP contribution in [0.15, 0.2) is 0 Å². The van der Waals surface area contributed by atoms with Crippen LogP contribution in [0.5, 0.6) is 0 Å². The minimum Gasteiger partial charge on any atom is -0.377 e. The highest BCUT2D eigenvalue weighted by Gasteiger charge is 2.34. The van der Waals surface area contributed by atoms with Gasteiger partial charge in [-0.25, -0.2) is 0 Å². The number of nitrogens with zero attached hydrogens (tertiary/aromatic N) is 1. The van der Waals surface area contributed by atoms with Crippen LogP contribution in [0.1, 0.15) is 52.9 Å². The van der Waals surface area contributed by atoms with Crippen molar-refractivity contribution in [2.75, 3.05) is 26.7 Å². The van der Waals surface area contributed by atoms with E-state index >= 15 is 0 Å². The third-order valence-corrected chi connectivity index (χ3v) is 4.78. The third kappa shape index (κ3) is 4.44. The lowest BCUT2D eigenvalue weighted by Crippen LogP contribution is -2.46. The Morgan fingerprint density at radius 1 is 1.32 bits per heavy atom. The fourth-order valence-corrected chi connectivity index (χ4v) is 3.52. The fraction of sp³-hybridized carbons (Fsp3) is 1.00. The molecule has 0 amide bonds. The number of rotatable bonds is 8. The van der Waals surface area contributed by atoms with Gasteiger partial charge in [0.1, 0.15) is 0 Å². The van der Waals surface area contributed by atoms with Gasteiger partial charge in [-0.15, -0.1) is 0 Å². The molecule has 0 aromatic heterocycles. The molecular weight excluding hydrogens is 236 g/mol. The molecule has 2 fully saturated rings. The molecule has 1 saturated heterocycles. The van der Waals surface area contributed by atoms with Crippen molar-refractivity contribution in [3.05, 3.63) is 0 Å². The maximum Gasteiger partial charge on any atom is 0.0702 e. The first kappa shape index (κ1) is 15.3. The maximum atomic E-state index is 5.71. The van der Waals surface area contributed by atoms with Crippen LogP contribution in [0.3, 0.4) is 0 Å². The van der Waals surface area contributed by atoms with Crippen LogP contribution in [0.2, 0.25) is 0 Å². The van der Waals surface area contributed by atoms with Crippen molar-refractivity contribution in [2.24, 2.45) is 5.41 Å². The Balaban J connectivity index is 1.86. The van der Waals surface area contributed by atoms with Crippen LogP contribution >= 0.6 is 0 Å². The summed E-state index contributed by atoms with van der Waals surface area (Å²) in [6.45, 7) is 10.2. The molecule has 1 N–H and O–H groups in total. The summed E-state index contributed by atoms with van der Waals surface area (Å²) in [4.78, 5) is 2.54. The van der Waals surface area contributed by atoms with Gasteiger partial charge in [0.15, 0.2) is 0 Å². The zero-order valence-electron chi connectivity index (χ0n) is 13.2. The van der Waals surface area contributed by atoms with E-state index in [4.69, 9.17) is 4.74 Å². The molecule has 1 aliphatic heterocycles. The van der Waals surface area contributed by atoms with Crippen molar-refractivity contribution < 1.29 is 4.74 Å². The normalized spacial score (nSPS) is 30.8. The first-order valence-corrected chi connectivity index (χ1v) is 8.09. The minimum absolute atomic E-state index is 0.396. The first-order chi connectivity index (χ1) is 9.04. The van der Waals surface area contributed by atoms with E-state index in [1.54, 1.807) is 0 Å². The van der Waals surface area contributed by atoms with Gasteiger partial charge in [-0.2, -0.15) is 0 Å². The highest BCUT2D eigenvalue weighted by molar-refractivity contribution is 4.89. The molecule has 2 rings (SSSR count). The molecular formula is C16H32N2O. The average molecular weight is 268 g/mol. The van der Waals surface area contributed by atoms with E-state index in [1.165, 1.54) is 38.6 Å². The van der Waals surface area contributed by atoms with E-state index in [2.05, 4.69) is 38.0 Å². The standard InChI is InChI=1S/C16H32N2O/c1-5-9-16(3,11-17-14-6-7-14)12-18(4)15-8-10-19-13(15)2/h13-15,17H,5-12H2,1-4H3. The fourth-order valence-electron chi connectivity index (χ4n) is 3.52. The minimum atomic E-state index is 0.396. The van der Waals surface area contributed by atoms with Crippen molar-refractivity contribution >= 4 is 0 Å². The lowest BCUT2D eigenvalue weighted by molar-refractivity contribution is 0.0640. The summed E-state index contributed by atoms with van der Waals surface area (Å²) in [6.07, 6.45) is 6.92. The Hall–Kier alpha value is -0.120. The SMILES string of the molecule is CCCC(C)(CNC1CC1)CN(C)C1CCOC1C. The molecule has 2 aliphatic rings. The molecule has 112 valence electrons. The number of nitrogens with one attached hydrogen (secondary N) is 1. The number of likely N-dealkylation sites (N-methyl/N-ethyl adjacent to an activating group) is 1. The van der Waals surface area contributed by atoms with Gasteiger partial charge < -0.3 is 15.0 Å². The van der Waals surface area contributed by atoms with Gasteiger partial charge in [0.2, 0.25) is 0 Å². The van der Waals surface area contributed by atoms with Crippen LogP contribution < -0.4 is 5.32 Å². The molecule has 0 aromatic carbocycles. The third-order valence-electron chi connectivity index (χ3n) is 4.78. The van der Waals surface area contributed by atoms with E-state index < -0.39 is 0 Å². The summed E-state index contributed by atoms with van der Waals surface area (Å²) < 4.78 is 5.71. The van der Waals surface area contributed by atoms with Crippen molar-refractivity contribution in [1.82, 2.24) is 10.2 Å². The second-order valence-electron chi connectivity index (χ2n) is 7.06. The van der Waals surface area contributed by atoms with E-state index in [0.717, 1.165) is 19.2 Å². The predicted octanol–water partition coefficient (Wildman–Crippen LogP) is 2.65. The maximum absolute atomic E-state index is 5.71. The zero-order chi connectivity index (χ0) is 13.9. The molecule has 19 heavy (non-hydrogen) atoms. The van der Waals surface area contributed by atoms with Gasteiger partial charge in [0.05, 0.1) is 6.10 Å². The summed E-state index contributed by atoms with van der Waals surface area (Å²) in [5.74, 6) is 0. The molecule has 0 bridgehead atoms. The first-order valence-electron chi connectivity index (χ1n) is 8.09. The molecule has 0 spiro atoms. The summed E-state index contributed by atoms with van der Waals surface area (Å²) in [7, 11) is 2.28. The molecule has 0 aromatic rings. The molecule has 3 unspecified atom stereocenters. The average Bonchev–Trinajstić information content (AvgIpc) is 3.08. The monoisotopic (exact) mass is 268 g/mol. The number of ether oxygens (including phenoxy) is 1. The number of hydrogen-bond donors (Lipinski definition) is 1. The van der Waals surface area contributed by atoms with E-state index in [9.17, 15) is 0 Å². The molecule has 3 atom stereocenters. The topological polar surface area (TPSA) is 24.5 Å². The number of hydrogen-bond acceptors (Lipinski definition) is 3. The molecule has 0 radical (unpaired) electrons. The van der Waals surface area contributed by atoms with Crippen LogP contribution in [0.4, 0.5) is 0 Å². The second kappa shape index (κ2) is 6.55. The molecule has 3 nitrogen and oxygen atoms in total. The van der Waals surface area contributed by atoms with Gasteiger partial charge in [0, 0.05) is 31.8 Å². The Morgan fingerprint density at radius 2 is 2.05 bits per heavy atom. The largest absolute Gasteiger partial charge is 0.377 e. The van der Waals surface area contributed by atoms with Gasteiger partial charge in [-0.05, 0) is 45.1 Å². The summed E-state index contributed by atoms with van der Waals surface area (Å²) in [5.41, 5.74) is 0.397. The zero-order valence-corrected chi connectivity index (χ0v) is 13.2. The van der Waals surface area contributed by atoms with Gasteiger partial charge in [-0.1, -0.05) is 20.3 Å². The molecule has 1 aliphatic carbocycles. The van der Waals surface area contributed by atoms with Gasteiger partial charge in [-0.3, -0.25) is 0 Å². The Kier molecular flexibility index (Phi) is 5.27. The highest BCUT2D eigenvalue weighted by Crippen LogP contribution is 2.29. The van der Waals surface area contributed by atoms with Crippen molar-refractivity contribution in [3.8, 4) is 0 Å². The summed E-state index contributed by atoms with van der Waals surface area (Å²) in [6, 6.07) is 1.42. The smallest absolute Gasteiger partial charge is 0.0702 e. The summed E-state index contributed by atoms with van der Waals surface area (Å²) in [5, 5.41) is 3.73. The molecule has 1 heterocycles. The van der Waals surface area contributed by atoms with Crippen LogP contribution in [-0.2, 0) is 4.74 Å². The molecule has 3 heteroatoms. The van der Waals surface area contributed by atoms with Gasteiger partial charge in [0.25, 0.3) is 0 Å². The van der Waals surface area contributed by atoms with Crippen molar-refractivity contribution in [3.63, 3.8) is 0 Å². The molecule has 1 saturated carbocycles. The van der Waals surface area contributed by atoms with Crippen molar-refractivity contribution in [2.45, 2.75) is 71.1 Å². The Morgan fingerprint density at radius 3 is 2.58 bits per heavy atom. The second-order valence-corrected chi connectivity index (χ2v) is 7.06. The van der Waals surface area contributed by atoms with E-state index in [-0.39, 0.29) is 0 Å². The van der Waals surface area contributed by atoms with E-state index in [1.807, 2.05) is 0 Å². The lowest BCUT2D eigenvalue weighted by atomic mass is 9.84. The summed E-state index contributed by atoms with van der Waals surface area (Å²) >= 11 is 0. The lowest BCUT2D eigenvalue weighted by Gasteiger charge is -2.37. The van der Waals surface area contributed by atoms with E-state index in [0.29, 0.717) is 17.6 Å². The van der Waals surface area contributed by atoms with Gasteiger partial charge >= 0.3 is 0 Å². The quantitative estimate of drug-likeness (QED) is 0.732. The predicted molar refractivity (Wildman–Crippen MR) is 80.5 cm³/mol. The Bertz CT molecular complexity index is 280. The Labute approximate surface area is 119 Å². The van der Waals surface area contributed by atoms with Crippen LogP contribution in [0, 0.1) is 5.41 Å².